The van der Waals surface area contributed by atoms with E-state index in [2.05, 4.69) is 0 Å². The van der Waals surface area contributed by atoms with Crippen LogP contribution in [-0.2, 0) is 14.6 Å². The first-order valence-electron chi connectivity index (χ1n) is 6.11. The van der Waals surface area contributed by atoms with Crippen molar-refractivity contribution in [3.8, 4) is 0 Å². The van der Waals surface area contributed by atoms with Gasteiger partial charge < -0.3 is 10.5 Å². The van der Waals surface area contributed by atoms with Gasteiger partial charge in [0.05, 0.1) is 17.4 Å². The minimum atomic E-state index is -3.29. The molecule has 0 heterocycles. The molecular formula is C13H18FNO3S. The topological polar surface area (TPSA) is 69.4 Å². The predicted molar refractivity (Wildman–Crippen MR) is 71.2 cm³/mol. The molecule has 1 saturated carbocycles. The lowest BCUT2D eigenvalue weighted by Crippen LogP contribution is -2.36. The molecule has 2 rings (SSSR count). The average Bonchev–Trinajstić information content (AvgIpc) is 2.96. The van der Waals surface area contributed by atoms with E-state index in [1.54, 1.807) is 19.1 Å². The molecule has 1 aromatic rings. The predicted octanol–water partition coefficient (Wildman–Crippen LogP) is 1.07. The van der Waals surface area contributed by atoms with Crippen LogP contribution >= 0.6 is 0 Å². The Morgan fingerprint density at radius 2 is 2.16 bits per heavy atom. The summed E-state index contributed by atoms with van der Waals surface area (Å²) in [5, 5.41) is -0.702. The van der Waals surface area contributed by atoms with Crippen molar-refractivity contribution < 1.29 is 17.5 Å². The number of benzene rings is 1. The largest absolute Gasteiger partial charge is 0.383 e. The fourth-order valence-corrected chi connectivity index (χ4v) is 4.74. The van der Waals surface area contributed by atoms with Gasteiger partial charge in [-0.1, -0.05) is 19.1 Å². The molecule has 1 aliphatic rings. The SMILES string of the molecule is CCS(=O)(=O)[C@H]1[C@@H](c2cccc(F)c2)[C@@]1(N)COC. The van der Waals surface area contributed by atoms with E-state index in [9.17, 15) is 12.8 Å². The van der Waals surface area contributed by atoms with Crippen LogP contribution in [0.2, 0.25) is 0 Å². The van der Waals surface area contributed by atoms with Crippen molar-refractivity contribution >= 4 is 9.84 Å². The molecule has 3 atom stereocenters. The molecule has 0 aliphatic heterocycles. The van der Waals surface area contributed by atoms with Gasteiger partial charge in [0.2, 0.25) is 0 Å². The van der Waals surface area contributed by atoms with Gasteiger partial charge in [0.25, 0.3) is 0 Å². The maximum Gasteiger partial charge on any atom is 0.155 e. The minimum absolute atomic E-state index is 0.0200. The van der Waals surface area contributed by atoms with E-state index in [0.29, 0.717) is 5.56 Å². The molecule has 1 aliphatic carbocycles. The molecule has 0 spiro atoms. The van der Waals surface area contributed by atoms with Gasteiger partial charge >= 0.3 is 0 Å². The van der Waals surface area contributed by atoms with Gasteiger partial charge in [-0.15, -0.1) is 0 Å². The second kappa shape index (κ2) is 4.85. The van der Waals surface area contributed by atoms with Crippen LogP contribution in [0.3, 0.4) is 0 Å². The summed E-state index contributed by atoms with van der Waals surface area (Å²) in [5.74, 6) is -0.781. The van der Waals surface area contributed by atoms with E-state index in [1.165, 1.54) is 19.2 Å². The molecule has 6 heteroatoms. The molecule has 0 amide bonds. The summed E-state index contributed by atoms with van der Waals surface area (Å²) >= 11 is 0. The Kier molecular flexibility index (Phi) is 3.68. The second-order valence-electron chi connectivity index (χ2n) is 4.95. The number of hydrogen-bond donors (Lipinski definition) is 1. The molecule has 1 aromatic carbocycles. The number of halogens is 1. The van der Waals surface area contributed by atoms with E-state index in [-0.39, 0.29) is 12.4 Å². The molecule has 0 bridgehead atoms. The summed E-state index contributed by atoms with van der Waals surface area (Å²) in [6, 6.07) is 5.93. The monoisotopic (exact) mass is 287 g/mol. The van der Waals surface area contributed by atoms with E-state index >= 15 is 0 Å². The number of ether oxygens (including phenoxy) is 1. The first kappa shape index (κ1) is 14.4. The smallest absolute Gasteiger partial charge is 0.155 e. The number of methoxy groups -OCH3 is 1. The third kappa shape index (κ3) is 2.40. The molecule has 0 aromatic heterocycles. The molecule has 106 valence electrons. The van der Waals surface area contributed by atoms with Crippen molar-refractivity contribution in [1.82, 2.24) is 0 Å². The highest BCUT2D eigenvalue weighted by Crippen LogP contribution is 2.54. The van der Waals surface area contributed by atoms with Crippen molar-refractivity contribution in [2.45, 2.75) is 23.6 Å². The Morgan fingerprint density at radius 1 is 1.47 bits per heavy atom. The lowest BCUT2D eigenvalue weighted by molar-refractivity contribution is 0.171. The summed E-state index contributed by atoms with van der Waals surface area (Å²) in [5.41, 5.74) is 5.81. The standard InChI is InChI=1S/C13H18FNO3S/c1-3-19(16,17)12-11(13(12,15)8-18-2)9-5-4-6-10(14)7-9/h4-7,11-12H,3,8,15H2,1-2H3/t11-,12+,13+/m1/s1. The van der Waals surface area contributed by atoms with Crippen molar-refractivity contribution in [3.63, 3.8) is 0 Å². The molecule has 0 radical (unpaired) electrons. The fourth-order valence-electron chi connectivity index (χ4n) is 2.75. The second-order valence-corrected chi connectivity index (χ2v) is 7.36. The van der Waals surface area contributed by atoms with Gasteiger partial charge in [0.15, 0.2) is 9.84 Å². The third-order valence-corrected chi connectivity index (χ3v) is 5.98. The minimum Gasteiger partial charge on any atom is -0.383 e. The van der Waals surface area contributed by atoms with Gasteiger partial charge in [0, 0.05) is 18.8 Å². The summed E-state index contributed by atoms with van der Waals surface area (Å²) in [7, 11) is -1.82. The van der Waals surface area contributed by atoms with Crippen molar-refractivity contribution in [3.05, 3.63) is 35.6 Å². The molecular weight excluding hydrogens is 269 g/mol. The Morgan fingerprint density at radius 3 is 2.68 bits per heavy atom. The zero-order chi connectivity index (χ0) is 14.3. The van der Waals surface area contributed by atoms with Crippen LogP contribution < -0.4 is 5.73 Å². The normalized spacial score (nSPS) is 30.3. The van der Waals surface area contributed by atoms with Gasteiger partial charge in [-0.25, -0.2) is 12.8 Å². The fraction of sp³-hybridized carbons (Fsp3) is 0.538. The highest BCUT2D eigenvalue weighted by Gasteiger charge is 2.68. The van der Waals surface area contributed by atoms with Crippen LogP contribution in [0.5, 0.6) is 0 Å². The molecule has 0 unspecified atom stereocenters. The first-order chi connectivity index (χ1) is 8.86. The van der Waals surface area contributed by atoms with Crippen LogP contribution in [-0.4, -0.2) is 38.7 Å². The van der Waals surface area contributed by atoms with E-state index in [4.69, 9.17) is 10.5 Å². The summed E-state index contributed by atoms with van der Waals surface area (Å²) in [4.78, 5) is 0. The number of nitrogens with two attached hydrogens (primary N) is 1. The summed E-state index contributed by atoms with van der Waals surface area (Å²) < 4.78 is 42.5. The number of rotatable bonds is 5. The van der Waals surface area contributed by atoms with Crippen LogP contribution in [0, 0.1) is 5.82 Å². The third-order valence-electron chi connectivity index (χ3n) is 3.69. The van der Waals surface area contributed by atoms with E-state index < -0.39 is 32.4 Å². The van der Waals surface area contributed by atoms with Crippen molar-refractivity contribution in [1.29, 1.82) is 0 Å². The molecule has 19 heavy (non-hydrogen) atoms. The van der Waals surface area contributed by atoms with Gasteiger partial charge in [0.1, 0.15) is 5.82 Å². The first-order valence-corrected chi connectivity index (χ1v) is 7.83. The Labute approximate surface area is 112 Å². The lowest BCUT2D eigenvalue weighted by Gasteiger charge is -2.10. The van der Waals surface area contributed by atoms with Gasteiger partial charge in [-0.05, 0) is 17.7 Å². The van der Waals surface area contributed by atoms with Gasteiger partial charge in [-0.2, -0.15) is 0 Å². The van der Waals surface area contributed by atoms with Gasteiger partial charge in [-0.3, -0.25) is 0 Å². The highest BCUT2D eigenvalue weighted by atomic mass is 32.2. The molecule has 0 saturated heterocycles. The molecule has 4 nitrogen and oxygen atoms in total. The average molecular weight is 287 g/mol. The Bertz CT molecular complexity index is 575. The van der Waals surface area contributed by atoms with Crippen molar-refractivity contribution in [2.24, 2.45) is 5.73 Å². The maximum atomic E-state index is 13.3. The number of hydrogen-bond acceptors (Lipinski definition) is 4. The molecule has 2 N–H and O–H groups in total. The summed E-state index contributed by atoms with van der Waals surface area (Å²) in [6.07, 6.45) is 0. The number of sulfone groups is 1. The van der Waals surface area contributed by atoms with Crippen LogP contribution in [0.15, 0.2) is 24.3 Å². The highest BCUT2D eigenvalue weighted by molar-refractivity contribution is 7.92. The molecule has 1 fully saturated rings. The van der Waals surface area contributed by atoms with E-state index in [0.717, 1.165) is 0 Å². The van der Waals surface area contributed by atoms with Crippen LogP contribution in [0.25, 0.3) is 0 Å². The van der Waals surface area contributed by atoms with E-state index in [1.807, 2.05) is 0 Å². The zero-order valence-electron chi connectivity index (χ0n) is 11.0. The maximum absolute atomic E-state index is 13.3. The van der Waals surface area contributed by atoms with Crippen LogP contribution in [0.4, 0.5) is 4.39 Å². The quantitative estimate of drug-likeness (QED) is 0.879. The summed E-state index contributed by atoms with van der Waals surface area (Å²) in [6.45, 7) is 1.72. The lowest BCUT2D eigenvalue weighted by atomic mass is 10.1. The van der Waals surface area contributed by atoms with Crippen LogP contribution in [0.1, 0.15) is 18.4 Å². The Balaban J connectivity index is 2.39. The Hall–Kier alpha value is -0.980. The van der Waals surface area contributed by atoms with Crippen molar-refractivity contribution in [2.75, 3.05) is 19.5 Å². The zero-order valence-corrected chi connectivity index (χ0v) is 11.8.